The molecule has 1 aliphatic rings. The van der Waals surface area contributed by atoms with E-state index in [4.69, 9.17) is 0 Å². The molecule has 1 saturated heterocycles. The Balaban J connectivity index is 2.11. The minimum absolute atomic E-state index is 0.0117. The molecular weight excluding hydrogens is 288 g/mol. The van der Waals surface area contributed by atoms with Gasteiger partial charge in [0.05, 0.1) is 6.42 Å². The van der Waals surface area contributed by atoms with Crippen LogP contribution in [0.5, 0.6) is 0 Å². The summed E-state index contributed by atoms with van der Waals surface area (Å²) in [7, 11) is 1.60. The van der Waals surface area contributed by atoms with Crippen LogP contribution in [-0.4, -0.2) is 35.8 Å². The fourth-order valence-electron chi connectivity index (χ4n) is 2.35. The fourth-order valence-corrected chi connectivity index (χ4v) is 3.27. The molecule has 0 aliphatic carbocycles. The lowest BCUT2D eigenvalue weighted by molar-refractivity contribution is -0.120. The van der Waals surface area contributed by atoms with E-state index >= 15 is 0 Å². The van der Waals surface area contributed by atoms with Crippen molar-refractivity contribution in [2.45, 2.75) is 25.0 Å². The van der Waals surface area contributed by atoms with Gasteiger partial charge in [-0.2, -0.15) is 0 Å². The molecule has 2 rings (SSSR count). The monoisotopic (exact) mass is 306 g/mol. The summed E-state index contributed by atoms with van der Waals surface area (Å²) < 4.78 is 0. The van der Waals surface area contributed by atoms with Crippen LogP contribution in [-0.2, 0) is 20.8 Å². The van der Waals surface area contributed by atoms with Gasteiger partial charge in [0.15, 0.2) is 5.12 Å². The summed E-state index contributed by atoms with van der Waals surface area (Å²) in [6.07, 6.45) is 0.669. The zero-order chi connectivity index (χ0) is 15.4. The van der Waals surface area contributed by atoms with Crippen molar-refractivity contribution in [3.05, 3.63) is 29.8 Å². The van der Waals surface area contributed by atoms with Gasteiger partial charge in [0.25, 0.3) is 0 Å². The van der Waals surface area contributed by atoms with Crippen LogP contribution in [0.15, 0.2) is 24.3 Å². The highest BCUT2D eigenvalue weighted by atomic mass is 32.2. The second-order valence-electron chi connectivity index (χ2n) is 4.96. The van der Waals surface area contributed by atoms with Crippen molar-refractivity contribution >= 4 is 34.4 Å². The first-order valence-electron chi connectivity index (χ1n) is 6.76. The van der Waals surface area contributed by atoms with E-state index in [-0.39, 0.29) is 28.6 Å². The maximum atomic E-state index is 12.1. The molecule has 1 atom stereocenters. The molecule has 0 radical (unpaired) electrons. The Hall–Kier alpha value is -1.82. The van der Waals surface area contributed by atoms with Crippen LogP contribution in [0.2, 0.25) is 0 Å². The van der Waals surface area contributed by atoms with Gasteiger partial charge in [-0.1, -0.05) is 23.9 Å². The minimum atomic E-state index is -0.0649. The predicted octanol–water partition coefficient (Wildman–Crippen LogP) is 1.36. The largest absolute Gasteiger partial charge is 0.359 e. The number of likely N-dealkylation sites (N-methyl/N-ethyl adjacent to an activating group) is 1. The first-order valence-corrected chi connectivity index (χ1v) is 7.64. The van der Waals surface area contributed by atoms with Crippen LogP contribution in [0.25, 0.3) is 0 Å². The van der Waals surface area contributed by atoms with E-state index < -0.39 is 0 Å². The van der Waals surface area contributed by atoms with Crippen LogP contribution in [0, 0.1) is 0 Å². The number of hydrogen-bond donors (Lipinski definition) is 1. The Morgan fingerprint density at radius 2 is 2.19 bits per heavy atom. The van der Waals surface area contributed by atoms with Gasteiger partial charge in [-0.3, -0.25) is 14.4 Å². The molecule has 0 spiro atoms. The summed E-state index contributed by atoms with van der Waals surface area (Å²) in [5, 5.41) is 2.62. The molecule has 112 valence electrons. The number of rotatable bonds is 4. The third-order valence-electron chi connectivity index (χ3n) is 3.29. The Labute approximate surface area is 128 Å². The highest BCUT2D eigenvalue weighted by Gasteiger charge is 2.31. The zero-order valence-electron chi connectivity index (χ0n) is 12.1. The molecular formula is C15H18N2O3S. The third-order valence-corrected chi connectivity index (χ3v) is 4.27. The van der Waals surface area contributed by atoms with Gasteiger partial charge in [-0.15, -0.1) is 0 Å². The molecule has 0 saturated carbocycles. The van der Waals surface area contributed by atoms with Crippen molar-refractivity contribution in [3.8, 4) is 0 Å². The molecule has 2 amide bonds. The molecule has 1 fully saturated rings. The van der Waals surface area contributed by atoms with Gasteiger partial charge in [-0.05, 0) is 17.7 Å². The highest BCUT2D eigenvalue weighted by molar-refractivity contribution is 8.14. The van der Waals surface area contributed by atoms with Gasteiger partial charge in [-0.25, -0.2) is 0 Å². The van der Waals surface area contributed by atoms with Crippen LogP contribution in [0.1, 0.15) is 18.9 Å². The summed E-state index contributed by atoms with van der Waals surface area (Å²) in [4.78, 5) is 36.3. The second-order valence-corrected chi connectivity index (χ2v) is 6.44. The lowest BCUT2D eigenvalue weighted by Gasteiger charge is -2.17. The number of benzene rings is 1. The van der Waals surface area contributed by atoms with E-state index in [0.717, 1.165) is 11.3 Å². The maximum Gasteiger partial charge on any atom is 0.228 e. The van der Waals surface area contributed by atoms with Crippen molar-refractivity contribution in [1.82, 2.24) is 5.32 Å². The van der Waals surface area contributed by atoms with E-state index in [2.05, 4.69) is 5.32 Å². The maximum absolute atomic E-state index is 12.1. The van der Waals surface area contributed by atoms with E-state index in [1.54, 1.807) is 11.9 Å². The summed E-state index contributed by atoms with van der Waals surface area (Å²) in [5.41, 5.74) is 1.65. The lowest BCUT2D eigenvalue weighted by Crippen LogP contribution is -2.25. The topological polar surface area (TPSA) is 66.5 Å². The normalized spacial score (nSPS) is 17.9. The first kappa shape index (κ1) is 15.6. The zero-order valence-corrected chi connectivity index (χ0v) is 12.9. The quantitative estimate of drug-likeness (QED) is 0.912. The molecule has 1 heterocycles. The van der Waals surface area contributed by atoms with Gasteiger partial charge < -0.3 is 10.2 Å². The summed E-state index contributed by atoms with van der Waals surface area (Å²) >= 11 is 1.22. The Bertz CT molecular complexity index is 574. The molecule has 0 bridgehead atoms. The van der Waals surface area contributed by atoms with Crippen molar-refractivity contribution in [3.63, 3.8) is 0 Å². The highest BCUT2D eigenvalue weighted by Crippen LogP contribution is 2.29. The Morgan fingerprint density at radius 3 is 2.86 bits per heavy atom. The van der Waals surface area contributed by atoms with Crippen molar-refractivity contribution in [2.75, 3.05) is 18.5 Å². The molecule has 5 nitrogen and oxygen atoms in total. The molecule has 1 N–H and O–H groups in total. The van der Waals surface area contributed by atoms with Gasteiger partial charge in [0.1, 0.15) is 0 Å². The lowest BCUT2D eigenvalue weighted by atomic mass is 10.1. The molecule has 21 heavy (non-hydrogen) atoms. The summed E-state index contributed by atoms with van der Waals surface area (Å²) in [6.45, 7) is 2.05. The number of anilines is 1. The van der Waals surface area contributed by atoms with Crippen molar-refractivity contribution in [1.29, 1.82) is 0 Å². The van der Waals surface area contributed by atoms with Crippen LogP contribution in [0.3, 0.4) is 0 Å². The number of amides is 2. The average molecular weight is 306 g/mol. The van der Waals surface area contributed by atoms with Crippen molar-refractivity contribution < 1.29 is 14.4 Å². The average Bonchev–Trinajstić information content (AvgIpc) is 2.78. The summed E-state index contributed by atoms with van der Waals surface area (Å²) in [6, 6.07) is 7.41. The third kappa shape index (κ3) is 4.07. The van der Waals surface area contributed by atoms with E-state index in [0.29, 0.717) is 13.0 Å². The Kier molecular flexibility index (Phi) is 5.01. The number of nitrogens with one attached hydrogen (secondary N) is 1. The standard InChI is InChI=1S/C15H18N2O3S/c1-10(18)21-13-8-15(20)17(9-13)12-5-3-4-11(6-12)7-14(19)16-2/h3-6,13H,7-9H2,1-2H3,(H,16,19). The van der Waals surface area contributed by atoms with Gasteiger partial charge in [0, 0.05) is 37.9 Å². The van der Waals surface area contributed by atoms with Gasteiger partial charge in [0.2, 0.25) is 11.8 Å². The van der Waals surface area contributed by atoms with E-state index in [1.807, 2.05) is 24.3 Å². The number of carbonyl (C=O) groups excluding carboxylic acids is 3. The number of nitrogens with zero attached hydrogens (tertiary/aromatic N) is 1. The number of carbonyl (C=O) groups is 3. The molecule has 1 aromatic carbocycles. The predicted molar refractivity (Wildman–Crippen MR) is 83.2 cm³/mol. The van der Waals surface area contributed by atoms with Gasteiger partial charge >= 0.3 is 0 Å². The molecule has 1 aromatic rings. The van der Waals surface area contributed by atoms with Crippen LogP contribution in [0.4, 0.5) is 5.69 Å². The smallest absolute Gasteiger partial charge is 0.228 e. The van der Waals surface area contributed by atoms with Crippen LogP contribution >= 0.6 is 11.8 Å². The fraction of sp³-hybridized carbons (Fsp3) is 0.400. The van der Waals surface area contributed by atoms with E-state index in [1.165, 1.54) is 18.7 Å². The van der Waals surface area contributed by atoms with E-state index in [9.17, 15) is 14.4 Å². The second kappa shape index (κ2) is 6.76. The minimum Gasteiger partial charge on any atom is -0.359 e. The molecule has 1 aliphatic heterocycles. The Morgan fingerprint density at radius 1 is 1.43 bits per heavy atom. The number of thioether (sulfide) groups is 1. The number of hydrogen-bond acceptors (Lipinski definition) is 4. The molecule has 0 aromatic heterocycles. The van der Waals surface area contributed by atoms with Crippen molar-refractivity contribution in [2.24, 2.45) is 0 Å². The SMILES string of the molecule is CNC(=O)Cc1cccc(N2CC(SC(C)=O)CC2=O)c1. The molecule has 1 unspecified atom stereocenters. The first-order chi connectivity index (χ1) is 9.99. The molecule has 6 heteroatoms. The van der Waals surface area contributed by atoms with Crippen LogP contribution < -0.4 is 10.2 Å². The summed E-state index contributed by atoms with van der Waals surface area (Å²) in [5.74, 6) is -0.0456.